The van der Waals surface area contributed by atoms with Crippen LogP contribution in [0.3, 0.4) is 0 Å². The van der Waals surface area contributed by atoms with Gasteiger partial charge >= 0.3 is 5.97 Å². The third kappa shape index (κ3) is 5.52. The van der Waals surface area contributed by atoms with Gasteiger partial charge in [-0.25, -0.2) is 9.89 Å². The summed E-state index contributed by atoms with van der Waals surface area (Å²) in [7, 11) is 0. The van der Waals surface area contributed by atoms with Crippen molar-refractivity contribution < 1.29 is 19.5 Å². The van der Waals surface area contributed by atoms with Crippen LogP contribution < -0.4 is 21.9 Å². The number of H-pyrrole nitrogens is 3. The van der Waals surface area contributed by atoms with Gasteiger partial charge in [-0.1, -0.05) is 12.1 Å². The van der Waals surface area contributed by atoms with Crippen molar-refractivity contribution in [3.05, 3.63) is 63.3 Å². The number of hydrogen-bond donors (Lipinski definition) is 7. The first-order chi connectivity index (χ1) is 17.3. The number of carbonyl (C=O) groups excluding carboxylic acids is 2. The molecule has 0 saturated carbocycles. The van der Waals surface area contributed by atoms with Gasteiger partial charge in [-0.05, 0) is 35.0 Å². The molecule has 15 heteroatoms. The number of nitrogens with zero attached hydrogens (tertiary/aromatic N) is 4. The highest BCUT2D eigenvalue weighted by molar-refractivity contribution is 6.07. The number of fused-ring (bicyclic) bond motifs is 1. The van der Waals surface area contributed by atoms with Gasteiger partial charge in [0, 0.05) is 25.1 Å². The fourth-order valence-electron chi connectivity index (χ4n) is 3.57. The molecule has 1 aromatic carbocycles. The first-order valence-corrected chi connectivity index (χ1v) is 10.8. The van der Waals surface area contributed by atoms with Gasteiger partial charge in [0.1, 0.15) is 17.5 Å². The SMILES string of the molecule is Nc1nc2[nH]c(CCNC(=O)c3ccccc3C(=O)N[C@@H](CCc3nnn[nH]3)C(=O)O)cc2c(=O)[nH]1. The Balaban J connectivity index is 1.39. The van der Waals surface area contributed by atoms with Crippen molar-refractivity contribution in [3.8, 4) is 0 Å². The number of aryl methyl sites for hydroxylation is 1. The minimum atomic E-state index is -1.23. The number of nitrogens with two attached hydrogens (primary N) is 1. The number of benzene rings is 1. The summed E-state index contributed by atoms with van der Waals surface area (Å²) in [6.45, 7) is 0.192. The Hall–Kier alpha value is -5.08. The van der Waals surface area contributed by atoms with Gasteiger partial charge in [-0.15, -0.1) is 5.10 Å². The van der Waals surface area contributed by atoms with Gasteiger partial charge in [0.05, 0.1) is 16.5 Å². The summed E-state index contributed by atoms with van der Waals surface area (Å²) in [6, 6.07) is 6.47. The molecule has 0 spiro atoms. The molecule has 4 aromatic rings. The lowest BCUT2D eigenvalue weighted by molar-refractivity contribution is -0.139. The van der Waals surface area contributed by atoms with Gasteiger partial charge in [0.25, 0.3) is 17.4 Å². The smallest absolute Gasteiger partial charge is 0.326 e. The highest BCUT2D eigenvalue weighted by atomic mass is 16.4. The van der Waals surface area contributed by atoms with E-state index in [1.165, 1.54) is 12.1 Å². The molecule has 186 valence electrons. The first kappa shape index (κ1) is 24.1. The minimum Gasteiger partial charge on any atom is -0.480 e. The maximum atomic E-state index is 12.8. The quantitative estimate of drug-likeness (QED) is 0.144. The number of nitrogen functional groups attached to an aromatic ring is 1. The van der Waals surface area contributed by atoms with E-state index in [0.717, 1.165) is 0 Å². The van der Waals surface area contributed by atoms with Crippen LogP contribution in [0.5, 0.6) is 0 Å². The average Bonchev–Trinajstić information content (AvgIpc) is 3.51. The minimum absolute atomic E-state index is 0.00999. The van der Waals surface area contributed by atoms with E-state index in [9.17, 15) is 24.3 Å². The number of carbonyl (C=O) groups is 3. The summed E-state index contributed by atoms with van der Waals surface area (Å²) in [5, 5.41) is 28.1. The molecule has 0 fully saturated rings. The summed E-state index contributed by atoms with van der Waals surface area (Å²) in [5.74, 6) is -2.08. The Morgan fingerprint density at radius 2 is 1.83 bits per heavy atom. The Morgan fingerprint density at radius 1 is 1.08 bits per heavy atom. The molecule has 1 atom stereocenters. The summed E-state index contributed by atoms with van der Waals surface area (Å²) in [4.78, 5) is 58.6. The first-order valence-electron chi connectivity index (χ1n) is 10.8. The van der Waals surface area contributed by atoms with E-state index < -0.39 is 23.8 Å². The number of amides is 2. The van der Waals surface area contributed by atoms with Gasteiger partial charge in [0.2, 0.25) is 5.95 Å². The summed E-state index contributed by atoms with van der Waals surface area (Å²) in [5.41, 5.74) is 6.28. The van der Waals surface area contributed by atoms with E-state index in [2.05, 4.69) is 46.2 Å². The zero-order valence-corrected chi connectivity index (χ0v) is 18.7. The second-order valence-corrected chi connectivity index (χ2v) is 7.81. The topological polar surface area (TPSA) is 238 Å². The molecule has 0 aliphatic heterocycles. The van der Waals surface area contributed by atoms with Crippen LogP contribution in [0.1, 0.15) is 38.7 Å². The van der Waals surface area contributed by atoms with Crippen molar-refractivity contribution >= 4 is 34.8 Å². The summed E-state index contributed by atoms with van der Waals surface area (Å²) < 4.78 is 0. The van der Waals surface area contributed by atoms with E-state index in [1.807, 2.05) is 0 Å². The van der Waals surface area contributed by atoms with Crippen LogP contribution in [0.4, 0.5) is 5.95 Å². The second kappa shape index (κ2) is 10.5. The normalized spacial score (nSPS) is 11.8. The number of anilines is 1. The van der Waals surface area contributed by atoms with Crippen LogP contribution in [0.2, 0.25) is 0 Å². The van der Waals surface area contributed by atoms with Crippen molar-refractivity contribution in [3.63, 3.8) is 0 Å². The fourth-order valence-corrected chi connectivity index (χ4v) is 3.57. The Bertz CT molecular complexity index is 1460. The third-order valence-electron chi connectivity index (χ3n) is 5.33. The Kier molecular flexibility index (Phi) is 6.99. The van der Waals surface area contributed by atoms with Crippen LogP contribution in [-0.4, -0.2) is 71.1 Å². The van der Waals surface area contributed by atoms with Gasteiger partial charge in [-0.3, -0.25) is 19.4 Å². The number of tetrazole rings is 1. The number of hydrogen-bond acceptors (Lipinski definition) is 9. The molecule has 0 aliphatic carbocycles. The number of aromatic amines is 3. The van der Waals surface area contributed by atoms with Gasteiger partial charge < -0.3 is 26.5 Å². The van der Waals surface area contributed by atoms with Crippen LogP contribution in [-0.2, 0) is 17.6 Å². The molecule has 3 heterocycles. The number of aliphatic carboxylic acids is 1. The van der Waals surface area contributed by atoms with Crippen molar-refractivity contribution in [2.75, 3.05) is 12.3 Å². The highest BCUT2D eigenvalue weighted by Crippen LogP contribution is 2.12. The van der Waals surface area contributed by atoms with E-state index in [-0.39, 0.29) is 42.0 Å². The Labute approximate surface area is 201 Å². The van der Waals surface area contributed by atoms with Gasteiger partial charge in [0.15, 0.2) is 0 Å². The maximum Gasteiger partial charge on any atom is 0.326 e. The molecule has 0 saturated heterocycles. The van der Waals surface area contributed by atoms with E-state index in [0.29, 0.717) is 29.0 Å². The molecule has 0 radical (unpaired) electrons. The number of carboxylic acids is 1. The molecule has 8 N–H and O–H groups in total. The number of carboxylic acid groups (broad SMARTS) is 1. The number of aromatic nitrogens is 7. The molecule has 0 aliphatic rings. The predicted molar refractivity (Wildman–Crippen MR) is 125 cm³/mol. The van der Waals surface area contributed by atoms with E-state index in [4.69, 9.17) is 5.73 Å². The molecular weight excluding hydrogens is 472 g/mol. The lowest BCUT2D eigenvalue weighted by Gasteiger charge is -2.15. The second-order valence-electron chi connectivity index (χ2n) is 7.81. The predicted octanol–water partition coefficient (Wildman–Crippen LogP) is -0.865. The molecule has 36 heavy (non-hydrogen) atoms. The Morgan fingerprint density at radius 3 is 2.53 bits per heavy atom. The van der Waals surface area contributed by atoms with E-state index in [1.54, 1.807) is 18.2 Å². The zero-order chi connectivity index (χ0) is 25.7. The molecule has 0 unspecified atom stereocenters. The van der Waals surface area contributed by atoms with Crippen molar-refractivity contribution in [2.24, 2.45) is 0 Å². The zero-order valence-electron chi connectivity index (χ0n) is 18.7. The number of nitrogens with one attached hydrogen (secondary N) is 5. The molecule has 0 bridgehead atoms. The molecule has 2 amide bonds. The molecule has 4 rings (SSSR count). The average molecular weight is 494 g/mol. The molecular formula is C21H22N10O5. The molecule has 3 aromatic heterocycles. The lowest BCUT2D eigenvalue weighted by atomic mass is 10.0. The summed E-state index contributed by atoms with van der Waals surface area (Å²) in [6.07, 6.45) is 0.599. The van der Waals surface area contributed by atoms with Crippen LogP contribution in [0.25, 0.3) is 11.0 Å². The lowest BCUT2D eigenvalue weighted by Crippen LogP contribution is -2.42. The third-order valence-corrected chi connectivity index (χ3v) is 5.33. The van der Waals surface area contributed by atoms with Crippen molar-refractivity contribution in [1.82, 2.24) is 46.2 Å². The van der Waals surface area contributed by atoms with Crippen molar-refractivity contribution in [2.45, 2.75) is 25.3 Å². The highest BCUT2D eigenvalue weighted by Gasteiger charge is 2.24. The van der Waals surface area contributed by atoms with Crippen LogP contribution in [0, 0.1) is 0 Å². The standard InChI is InChI=1S/C21H22N10O5/c22-21-26-16-13(19(34)27-21)9-10(24-16)7-8-23-17(32)11-3-1-2-4-12(11)18(33)25-14(20(35)36)5-6-15-28-30-31-29-15/h1-4,9,14H,5-8H2,(H,23,32)(H,25,33)(H,35,36)(H,28,29,30,31)(H4,22,24,26,27,34)/t14-/m0/s1. The number of rotatable bonds is 10. The largest absolute Gasteiger partial charge is 0.480 e. The van der Waals surface area contributed by atoms with Crippen molar-refractivity contribution in [1.29, 1.82) is 0 Å². The maximum absolute atomic E-state index is 12.8. The van der Waals surface area contributed by atoms with Crippen LogP contribution >= 0.6 is 0 Å². The molecule has 15 nitrogen and oxygen atoms in total. The van der Waals surface area contributed by atoms with Crippen LogP contribution in [0.15, 0.2) is 35.1 Å². The monoisotopic (exact) mass is 494 g/mol. The van der Waals surface area contributed by atoms with E-state index >= 15 is 0 Å². The fraction of sp³-hybridized carbons (Fsp3) is 0.238. The van der Waals surface area contributed by atoms with Gasteiger partial charge in [-0.2, -0.15) is 4.98 Å². The summed E-state index contributed by atoms with van der Waals surface area (Å²) >= 11 is 0.